The van der Waals surface area contributed by atoms with Crippen LogP contribution in [0, 0.1) is 5.92 Å². The fraction of sp³-hybridized carbons (Fsp3) is 0.667. The lowest BCUT2D eigenvalue weighted by atomic mass is 10.0. The van der Waals surface area contributed by atoms with Gasteiger partial charge >= 0.3 is 6.18 Å². The molecule has 1 saturated heterocycles. The van der Waals surface area contributed by atoms with Gasteiger partial charge < -0.3 is 19.5 Å². The Morgan fingerprint density at radius 1 is 1.10 bits per heavy atom. The predicted molar refractivity (Wildman–Crippen MR) is 103 cm³/mol. The zero-order valence-corrected chi connectivity index (χ0v) is 16.5. The van der Waals surface area contributed by atoms with Crippen LogP contribution in [0.1, 0.15) is 43.4 Å². The van der Waals surface area contributed by atoms with E-state index in [9.17, 15) is 18.0 Å². The van der Waals surface area contributed by atoms with Crippen LogP contribution in [0.25, 0.3) is 0 Å². The molecular formula is C21H28F3N3O2. The first kappa shape index (κ1) is 20.5. The fourth-order valence-electron chi connectivity index (χ4n) is 4.83. The van der Waals surface area contributed by atoms with Crippen molar-refractivity contribution >= 4 is 0 Å². The van der Waals surface area contributed by atoms with E-state index in [0.717, 1.165) is 57.1 Å². The largest absolute Gasteiger partial charge is 0.416 e. The van der Waals surface area contributed by atoms with Gasteiger partial charge in [0.2, 0.25) is 0 Å². The van der Waals surface area contributed by atoms with E-state index in [1.54, 1.807) is 0 Å². The van der Waals surface area contributed by atoms with Crippen LogP contribution in [-0.2, 0) is 24.0 Å². The number of alkyl halides is 3. The summed E-state index contributed by atoms with van der Waals surface area (Å²) in [6.07, 6.45) is 0.696. The number of aromatic nitrogens is 1. The summed E-state index contributed by atoms with van der Waals surface area (Å²) in [6.45, 7) is 7.19. The molecule has 2 atom stereocenters. The smallest absolute Gasteiger partial charge is 0.381 e. The Morgan fingerprint density at radius 2 is 1.86 bits per heavy atom. The normalized spacial score (nSPS) is 25.8. The average Bonchev–Trinajstić information content (AvgIpc) is 3.15. The predicted octanol–water partition coefficient (Wildman–Crippen LogP) is 3.13. The molecular weight excluding hydrogens is 383 g/mol. The summed E-state index contributed by atoms with van der Waals surface area (Å²) in [7, 11) is 0. The molecule has 1 aliphatic carbocycles. The van der Waals surface area contributed by atoms with Gasteiger partial charge in [0.15, 0.2) is 0 Å². The molecule has 29 heavy (non-hydrogen) atoms. The number of nitrogens with zero attached hydrogens (tertiary/aromatic N) is 2. The summed E-state index contributed by atoms with van der Waals surface area (Å²) in [6, 6.07) is 2.76. The van der Waals surface area contributed by atoms with Crippen molar-refractivity contribution in [3.8, 4) is 0 Å². The quantitative estimate of drug-likeness (QED) is 0.827. The second-order valence-electron chi connectivity index (χ2n) is 8.40. The molecule has 1 aromatic heterocycles. The highest BCUT2D eigenvalue weighted by molar-refractivity contribution is 5.23. The van der Waals surface area contributed by atoms with E-state index in [-0.39, 0.29) is 0 Å². The van der Waals surface area contributed by atoms with Crippen molar-refractivity contribution in [1.29, 1.82) is 0 Å². The second-order valence-corrected chi connectivity index (χ2v) is 8.40. The SMILES string of the molecule is C=C([C@H]1CC[C@@H](NC2CCOCC2)C1)N1CCn2c(cc(C(F)(F)F)cc2=O)C1. The minimum atomic E-state index is -4.51. The Labute approximate surface area is 168 Å². The summed E-state index contributed by atoms with van der Waals surface area (Å²) in [5.41, 5.74) is -0.0611. The van der Waals surface area contributed by atoms with Crippen molar-refractivity contribution in [3.05, 3.63) is 46.0 Å². The van der Waals surface area contributed by atoms with Gasteiger partial charge in [0.05, 0.1) is 12.1 Å². The Balaban J connectivity index is 1.39. The molecule has 1 aromatic rings. The maximum atomic E-state index is 13.1. The molecule has 1 saturated carbocycles. The van der Waals surface area contributed by atoms with E-state index in [1.807, 2.05) is 0 Å². The Kier molecular flexibility index (Phi) is 5.75. The molecule has 1 N–H and O–H groups in total. The van der Waals surface area contributed by atoms with Crippen molar-refractivity contribution in [1.82, 2.24) is 14.8 Å². The number of fused-ring (bicyclic) bond motifs is 1. The topological polar surface area (TPSA) is 46.5 Å². The first-order chi connectivity index (χ1) is 13.8. The Bertz CT molecular complexity index is 814. The highest BCUT2D eigenvalue weighted by atomic mass is 19.4. The van der Waals surface area contributed by atoms with Gasteiger partial charge in [0.25, 0.3) is 5.56 Å². The van der Waals surface area contributed by atoms with Gasteiger partial charge in [0.1, 0.15) is 0 Å². The summed E-state index contributed by atoms with van der Waals surface area (Å²) in [4.78, 5) is 14.2. The first-order valence-electron chi connectivity index (χ1n) is 10.4. The van der Waals surface area contributed by atoms with Crippen molar-refractivity contribution in [2.45, 2.75) is 63.5 Å². The van der Waals surface area contributed by atoms with E-state index >= 15 is 0 Å². The van der Waals surface area contributed by atoms with Gasteiger partial charge in [-0.3, -0.25) is 4.79 Å². The van der Waals surface area contributed by atoms with Crippen molar-refractivity contribution < 1.29 is 17.9 Å². The molecule has 0 amide bonds. The number of halogens is 3. The third kappa shape index (κ3) is 4.53. The van der Waals surface area contributed by atoms with Gasteiger partial charge in [-0.2, -0.15) is 13.2 Å². The molecule has 8 heteroatoms. The fourth-order valence-corrected chi connectivity index (χ4v) is 4.83. The highest BCUT2D eigenvalue weighted by Crippen LogP contribution is 2.35. The third-order valence-electron chi connectivity index (χ3n) is 6.49. The van der Waals surface area contributed by atoms with Gasteiger partial charge in [-0.1, -0.05) is 6.58 Å². The lowest BCUT2D eigenvalue weighted by Gasteiger charge is -2.35. The number of hydrogen-bond donors (Lipinski definition) is 1. The molecule has 0 radical (unpaired) electrons. The van der Waals surface area contributed by atoms with E-state index in [4.69, 9.17) is 4.74 Å². The average molecular weight is 411 g/mol. The monoisotopic (exact) mass is 411 g/mol. The number of hydrogen-bond acceptors (Lipinski definition) is 4. The van der Waals surface area contributed by atoms with Gasteiger partial charge in [-0.15, -0.1) is 0 Å². The van der Waals surface area contributed by atoms with Gasteiger partial charge in [0, 0.05) is 55.8 Å². The van der Waals surface area contributed by atoms with Crippen LogP contribution in [0.15, 0.2) is 29.2 Å². The minimum absolute atomic E-state index is 0.298. The van der Waals surface area contributed by atoms with E-state index < -0.39 is 17.3 Å². The van der Waals surface area contributed by atoms with Crippen LogP contribution in [0.2, 0.25) is 0 Å². The number of allylic oxidation sites excluding steroid dienone is 1. The van der Waals surface area contributed by atoms with Crippen molar-refractivity contribution in [2.75, 3.05) is 19.8 Å². The Morgan fingerprint density at radius 3 is 2.59 bits per heavy atom. The van der Waals surface area contributed by atoms with Crippen molar-refractivity contribution in [3.63, 3.8) is 0 Å². The molecule has 2 aliphatic heterocycles. The van der Waals surface area contributed by atoms with Gasteiger partial charge in [-0.25, -0.2) is 0 Å². The summed E-state index contributed by atoms with van der Waals surface area (Å²) < 4.78 is 46.1. The maximum Gasteiger partial charge on any atom is 0.416 e. The zero-order chi connectivity index (χ0) is 20.6. The highest BCUT2D eigenvalue weighted by Gasteiger charge is 2.34. The molecule has 160 valence electrons. The Hall–Kier alpha value is -1.80. The molecule has 3 heterocycles. The third-order valence-corrected chi connectivity index (χ3v) is 6.49. The molecule has 0 spiro atoms. The number of rotatable bonds is 4. The van der Waals surface area contributed by atoms with Crippen LogP contribution in [0.5, 0.6) is 0 Å². The van der Waals surface area contributed by atoms with E-state index in [1.165, 1.54) is 4.57 Å². The van der Waals surface area contributed by atoms with Crippen LogP contribution in [0.3, 0.4) is 0 Å². The summed E-state index contributed by atoms with van der Waals surface area (Å²) in [5, 5.41) is 3.74. The standard InChI is InChI=1S/C21H28F3N3O2/c1-14(15-2-3-18(10-15)25-17-4-8-29-9-5-17)26-6-7-27-19(13-26)11-16(12-20(27)28)21(22,23)24/h11-12,15,17-18,25H,1-10,13H2/t15-,18+/m0/s1. The second kappa shape index (κ2) is 8.14. The lowest BCUT2D eigenvalue weighted by Crippen LogP contribution is -2.41. The van der Waals surface area contributed by atoms with E-state index in [2.05, 4.69) is 16.8 Å². The number of pyridine rings is 1. The molecule has 4 rings (SSSR count). The van der Waals surface area contributed by atoms with Gasteiger partial charge in [-0.05, 0) is 44.1 Å². The molecule has 2 fully saturated rings. The van der Waals surface area contributed by atoms with Crippen LogP contribution >= 0.6 is 0 Å². The van der Waals surface area contributed by atoms with E-state index in [0.29, 0.717) is 49.4 Å². The molecule has 0 unspecified atom stereocenters. The summed E-state index contributed by atoms with van der Waals surface area (Å²) in [5.74, 6) is 0.330. The van der Waals surface area contributed by atoms with Crippen molar-refractivity contribution in [2.24, 2.45) is 5.92 Å². The molecule has 0 aromatic carbocycles. The summed E-state index contributed by atoms with van der Waals surface area (Å²) >= 11 is 0. The molecule has 0 bridgehead atoms. The molecule has 5 nitrogen and oxygen atoms in total. The maximum absolute atomic E-state index is 13.1. The lowest BCUT2D eigenvalue weighted by molar-refractivity contribution is -0.137. The van der Waals surface area contributed by atoms with Crippen LogP contribution in [-0.4, -0.2) is 41.3 Å². The molecule has 3 aliphatic rings. The zero-order valence-electron chi connectivity index (χ0n) is 16.5. The number of ether oxygens (including phenoxy) is 1. The minimum Gasteiger partial charge on any atom is -0.381 e. The number of nitrogens with one attached hydrogen (secondary N) is 1. The van der Waals surface area contributed by atoms with Crippen LogP contribution < -0.4 is 10.9 Å². The first-order valence-corrected chi connectivity index (χ1v) is 10.4. The van der Waals surface area contributed by atoms with Crippen LogP contribution in [0.4, 0.5) is 13.2 Å².